The molecule has 0 aliphatic carbocycles. The van der Waals surface area contributed by atoms with Gasteiger partial charge in [-0.25, -0.2) is 16.8 Å². The first-order valence-electron chi connectivity index (χ1n) is 11.9. The van der Waals surface area contributed by atoms with Crippen molar-refractivity contribution in [2.45, 2.75) is 23.1 Å². The lowest BCUT2D eigenvalue weighted by molar-refractivity contribution is -0.111. The second-order valence-corrected chi connectivity index (χ2v) is 12.3. The number of rotatable bonds is 8. The van der Waals surface area contributed by atoms with Gasteiger partial charge in [0.1, 0.15) is 5.76 Å². The maximum Gasteiger partial charge on any atom is 0.264 e. The molecule has 0 atom stereocenters. The number of aromatic nitrogens is 1. The molecule has 4 aromatic rings. The van der Waals surface area contributed by atoms with Crippen LogP contribution in [0.1, 0.15) is 16.9 Å². The fourth-order valence-electron chi connectivity index (χ4n) is 4.12. The van der Waals surface area contributed by atoms with E-state index in [-0.39, 0.29) is 15.6 Å². The molecular weight excluding hydrogens is 540 g/mol. The highest BCUT2D eigenvalue weighted by Crippen LogP contribution is 2.32. The first-order chi connectivity index (χ1) is 18.6. The van der Waals surface area contributed by atoms with E-state index in [0.717, 1.165) is 5.56 Å². The van der Waals surface area contributed by atoms with Crippen LogP contribution in [0, 0.1) is 6.92 Å². The van der Waals surface area contributed by atoms with Crippen molar-refractivity contribution in [2.24, 2.45) is 0 Å². The van der Waals surface area contributed by atoms with E-state index in [1.807, 2.05) is 18.2 Å². The molecule has 5 rings (SSSR count). The van der Waals surface area contributed by atoms with Gasteiger partial charge in [0, 0.05) is 24.4 Å². The number of sulfonamides is 2. The van der Waals surface area contributed by atoms with E-state index in [1.54, 1.807) is 31.2 Å². The van der Waals surface area contributed by atoms with Crippen LogP contribution in [-0.4, -0.2) is 34.4 Å². The van der Waals surface area contributed by atoms with Crippen molar-refractivity contribution in [3.05, 3.63) is 102 Å². The van der Waals surface area contributed by atoms with Crippen molar-refractivity contribution >= 4 is 49.2 Å². The summed E-state index contributed by atoms with van der Waals surface area (Å²) in [5, 5.41) is 6.27. The van der Waals surface area contributed by atoms with E-state index in [0.29, 0.717) is 35.7 Å². The molecule has 0 unspecified atom stereocenters. The lowest BCUT2D eigenvalue weighted by atomic mass is 10.2. The molecule has 1 aliphatic heterocycles. The molecule has 39 heavy (non-hydrogen) atoms. The van der Waals surface area contributed by atoms with Crippen molar-refractivity contribution in [2.75, 3.05) is 20.9 Å². The molecule has 2 heterocycles. The number of para-hydroxylation sites is 1. The number of anilines is 3. The van der Waals surface area contributed by atoms with Crippen LogP contribution in [0.25, 0.3) is 6.08 Å². The van der Waals surface area contributed by atoms with Crippen LogP contribution in [0.2, 0.25) is 0 Å². The molecule has 1 amide bonds. The summed E-state index contributed by atoms with van der Waals surface area (Å²) in [5.74, 6) is 0.0993. The van der Waals surface area contributed by atoms with Gasteiger partial charge in [-0.15, -0.1) is 0 Å². The van der Waals surface area contributed by atoms with Gasteiger partial charge in [0.2, 0.25) is 5.91 Å². The first kappa shape index (κ1) is 26.2. The maximum atomic E-state index is 13.2. The number of carbonyl (C=O) groups excluding carboxylic acids is 1. The van der Waals surface area contributed by atoms with E-state index in [2.05, 4.69) is 15.2 Å². The zero-order valence-electron chi connectivity index (χ0n) is 20.7. The Labute approximate surface area is 226 Å². The van der Waals surface area contributed by atoms with Gasteiger partial charge < -0.3 is 9.84 Å². The summed E-state index contributed by atoms with van der Waals surface area (Å²) in [6.45, 7) is 2.04. The second-order valence-electron chi connectivity index (χ2n) is 8.80. The maximum absolute atomic E-state index is 13.2. The van der Waals surface area contributed by atoms with Crippen LogP contribution in [-0.2, 0) is 31.3 Å². The number of amides is 1. The molecule has 10 nitrogen and oxygen atoms in total. The molecule has 3 aromatic carbocycles. The van der Waals surface area contributed by atoms with Crippen molar-refractivity contribution in [1.29, 1.82) is 0 Å². The molecule has 0 saturated heterocycles. The molecule has 0 fully saturated rings. The number of hydrogen-bond donors (Lipinski definition) is 2. The summed E-state index contributed by atoms with van der Waals surface area (Å²) in [6, 6.07) is 20.8. The smallest absolute Gasteiger partial charge is 0.264 e. The summed E-state index contributed by atoms with van der Waals surface area (Å²) < 4.78 is 59.9. The Morgan fingerprint density at radius 1 is 0.949 bits per heavy atom. The molecular formula is C27H24N4O6S2. The van der Waals surface area contributed by atoms with Gasteiger partial charge in [0.15, 0.2) is 5.82 Å². The van der Waals surface area contributed by atoms with Gasteiger partial charge in [-0.05, 0) is 73.0 Å². The monoisotopic (exact) mass is 564 g/mol. The third-order valence-electron chi connectivity index (χ3n) is 6.04. The van der Waals surface area contributed by atoms with Crippen LogP contribution in [0.3, 0.4) is 0 Å². The third kappa shape index (κ3) is 5.71. The second kappa shape index (κ2) is 10.4. The van der Waals surface area contributed by atoms with Gasteiger partial charge in [-0.1, -0.05) is 35.5 Å². The third-order valence-corrected chi connectivity index (χ3v) is 9.24. The Morgan fingerprint density at radius 3 is 2.33 bits per heavy atom. The molecule has 0 radical (unpaired) electrons. The largest absolute Gasteiger partial charge is 0.360 e. The Balaban J connectivity index is 1.20. The highest BCUT2D eigenvalue weighted by molar-refractivity contribution is 7.93. The van der Waals surface area contributed by atoms with Crippen LogP contribution >= 0.6 is 0 Å². The van der Waals surface area contributed by atoms with Gasteiger partial charge in [-0.2, -0.15) is 0 Å². The predicted molar refractivity (Wildman–Crippen MR) is 147 cm³/mol. The van der Waals surface area contributed by atoms with Crippen LogP contribution in [0.4, 0.5) is 17.2 Å². The minimum atomic E-state index is -3.87. The average Bonchev–Trinajstić information content (AvgIpc) is 3.54. The number of aryl methyl sites for hydroxylation is 1. The Kier molecular flexibility index (Phi) is 6.98. The SMILES string of the molecule is Cc1cc(NS(=O)(=O)c2ccc(NC(=O)/C=C/c3ccc(S(=O)(=O)N4CCc5ccccc54)cc3)cc2)no1. The summed E-state index contributed by atoms with van der Waals surface area (Å²) in [5.41, 5.74) is 2.74. The lowest BCUT2D eigenvalue weighted by Gasteiger charge is -2.19. The highest BCUT2D eigenvalue weighted by atomic mass is 32.2. The van der Waals surface area contributed by atoms with Crippen LogP contribution in [0.5, 0.6) is 0 Å². The van der Waals surface area contributed by atoms with E-state index >= 15 is 0 Å². The summed E-state index contributed by atoms with van der Waals surface area (Å²) >= 11 is 0. The highest BCUT2D eigenvalue weighted by Gasteiger charge is 2.30. The van der Waals surface area contributed by atoms with E-state index in [1.165, 1.54) is 52.8 Å². The van der Waals surface area contributed by atoms with Gasteiger partial charge in [0.25, 0.3) is 20.0 Å². The van der Waals surface area contributed by atoms with E-state index < -0.39 is 26.0 Å². The number of nitrogens with one attached hydrogen (secondary N) is 2. The quantitative estimate of drug-likeness (QED) is 0.306. The van der Waals surface area contributed by atoms with E-state index in [9.17, 15) is 21.6 Å². The summed E-state index contributed by atoms with van der Waals surface area (Å²) in [4.78, 5) is 12.5. The van der Waals surface area contributed by atoms with Gasteiger partial charge in [-0.3, -0.25) is 13.8 Å². The van der Waals surface area contributed by atoms with Crippen molar-refractivity contribution < 1.29 is 26.2 Å². The first-order valence-corrected chi connectivity index (χ1v) is 14.8. The molecule has 0 bridgehead atoms. The molecule has 1 aliphatic rings. The standard InChI is InChI=1S/C27H24N4O6S2/c1-19-18-26(29-37-19)30-38(33,34)23-13-9-22(10-14-23)28-27(32)15-8-20-6-11-24(12-7-20)39(35,36)31-17-16-21-4-2-3-5-25(21)31/h2-15,18H,16-17H2,1H3,(H,28,32)(H,29,30)/b15-8+. The minimum absolute atomic E-state index is 0.0100. The van der Waals surface area contributed by atoms with Crippen LogP contribution < -0.4 is 14.3 Å². The van der Waals surface area contributed by atoms with Crippen molar-refractivity contribution in [3.8, 4) is 0 Å². The molecule has 2 N–H and O–H groups in total. The molecule has 200 valence electrons. The lowest BCUT2D eigenvalue weighted by Crippen LogP contribution is -2.29. The number of nitrogens with zero attached hydrogens (tertiary/aromatic N) is 2. The Hall–Kier alpha value is -4.42. The number of hydrogen-bond acceptors (Lipinski definition) is 7. The predicted octanol–water partition coefficient (Wildman–Crippen LogP) is 4.19. The van der Waals surface area contributed by atoms with Crippen LogP contribution in [0.15, 0.2) is 99.3 Å². The fraction of sp³-hybridized carbons (Fsp3) is 0.111. The number of benzene rings is 3. The zero-order chi connectivity index (χ0) is 27.6. The number of carbonyl (C=O) groups is 1. The minimum Gasteiger partial charge on any atom is -0.360 e. The van der Waals surface area contributed by atoms with Gasteiger partial charge >= 0.3 is 0 Å². The Morgan fingerprint density at radius 2 is 1.64 bits per heavy atom. The average molecular weight is 565 g/mol. The topological polar surface area (TPSA) is 139 Å². The molecule has 0 saturated carbocycles. The molecule has 12 heteroatoms. The molecule has 1 aromatic heterocycles. The van der Waals surface area contributed by atoms with Crippen molar-refractivity contribution in [1.82, 2.24) is 5.16 Å². The fourth-order valence-corrected chi connectivity index (χ4v) is 6.61. The molecule has 0 spiro atoms. The van der Waals surface area contributed by atoms with Crippen molar-refractivity contribution in [3.63, 3.8) is 0 Å². The summed E-state index contributed by atoms with van der Waals surface area (Å²) in [7, 11) is -7.57. The normalized spacial score (nSPS) is 13.4. The van der Waals surface area contributed by atoms with E-state index in [4.69, 9.17) is 4.52 Å². The number of fused-ring (bicyclic) bond motifs is 1. The Bertz CT molecular complexity index is 1760. The summed E-state index contributed by atoms with van der Waals surface area (Å²) in [6.07, 6.45) is 3.53. The zero-order valence-corrected chi connectivity index (χ0v) is 22.4. The van der Waals surface area contributed by atoms with Gasteiger partial charge in [0.05, 0.1) is 15.5 Å².